The Morgan fingerprint density at radius 1 is 0.706 bits per heavy atom. The van der Waals surface area contributed by atoms with E-state index in [-0.39, 0.29) is 16.9 Å². The molecule has 0 saturated heterocycles. The fourth-order valence-corrected chi connectivity index (χ4v) is 6.98. The van der Waals surface area contributed by atoms with Crippen LogP contribution in [0.3, 0.4) is 0 Å². The van der Waals surface area contributed by atoms with E-state index in [4.69, 9.17) is 0 Å². The molecular weight excluding hydrogens is 424 g/mol. The summed E-state index contributed by atoms with van der Waals surface area (Å²) in [4.78, 5) is 28.9. The van der Waals surface area contributed by atoms with E-state index in [9.17, 15) is 14.7 Å². The van der Waals surface area contributed by atoms with Crippen molar-refractivity contribution in [2.24, 2.45) is 0 Å². The maximum absolute atomic E-state index is 13.7. The molecule has 0 amide bonds. The van der Waals surface area contributed by atoms with E-state index in [1.807, 2.05) is 24.3 Å². The minimum atomic E-state index is -0.636. The largest absolute Gasteiger partial charge is 0.871 e. The zero-order valence-corrected chi connectivity index (χ0v) is 19.4. The zero-order chi connectivity index (χ0) is 23.0. The number of rotatable bonds is 1. The average molecular weight is 453 g/mol. The lowest BCUT2D eigenvalue weighted by Crippen LogP contribution is -2.44. The van der Waals surface area contributed by atoms with Crippen LogP contribution in [0.15, 0.2) is 30.0 Å². The lowest BCUT2D eigenvalue weighted by atomic mass is 9.88. The maximum Gasteiger partial charge on any atom is 0.233 e. The van der Waals surface area contributed by atoms with Gasteiger partial charge in [-0.1, -0.05) is 5.76 Å². The van der Waals surface area contributed by atoms with Gasteiger partial charge in [-0.3, -0.25) is 9.59 Å². The molecule has 2 aromatic rings. The number of nitrogens with zero attached hydrogens (tertiary/aromatic N) is 2. The third-order valence-electron chi connectivity index (χ3n) is 8.36. The van der Waals surface area contributed by atoms with Gasteiger partial charge in [0.15, 0.2) is 0 Å². The van der Waals surface area contributed by atoms with Gasteiger partial charge in [0.1, 0.15) is 13.1 Å². The summed E-state index contributed by atoms with van der Waals surface area (Å²) >= 11 is 0. The molecule has 2 aromatic carbocycles. The topological polar surface area (TPSA) is 63.4 Å². The second kappa shape index (κ2) is 7.39. The van der Waals surface area contributed by atoms with E-state index in [1.54, 1.807) is 0 Å². The Hall–Kier alpha value is -3.21. The second-order valence-electron chi connectivity index (χ2n) is 10.4. The lowest BCUT2D eigenvalue weighted by molar-refractivity contribution is -0.290. The normalized spacial score (nSPS) is 21.2. The fraction of sp³-hybridized carbons (Fsp3) is 0.414. The lowest BCUT2D eigenvalue weighted by Gasteiger charge is -2.37. The molecule has 0 N–H and O–H groups in total. The molecule has 4 aliphatic heterocycles. The third-order valence-corrected chi connectivity index (χ3v) is 8.36. The Balaban J connectivity index is 1.44. The maximum atomic E-state index is 13.7. The summed E-state index contributed by atoms with van der Waals surface area (Å²) in [6.45, 7) is 4.29. The first-order chi connectivity index (χ1) is 16.6. The molecule has 7 rings (SSSR count). The molecule has 5 heteroatoms. The van der Waals surface area contributed by atoms with E-state index >= 15 is 0 Å². The zero-order valence-electron chi connectivity index (χ0n) is 19.4. The fourth-order valence-electron chi connectivity index (χ4n) is 6.98. The first-order valence-electron chi connectivity index (χ1n) is 12.8. The molecule has 0 bridgehead atoms. The molecule has 1 aliphatic carbocycles. The third kappa shape index (κ3) is 2.82. The number of aryl methyl sites for hydroxylation is 4. The van der Waals surface area contributed by atoms with Crippen molar-refractivity contribution in [2.45, 2.75) is 51.4 Å². The molecule has 4 heterocycles. The molecule has 0 aromatic heterocycles. The molecule has 0 atom stereocenters. The highest BCUT2D eigenvalue weighted by Gasteiger charge is 2.35. The quantitative estimate of drug-likeness (QED) is 0.475. The van der Waals surface area contributed by atoms with Crippen LogP contribution in [0, 0.1) is 0 Å². The number of hydrogen-bond acceptors (Lipinski definition) is 4. The van der Waals surface area contributed by atoms with Crippen LogP contribution in [0.4, 0.5) is 5.69 Å². The molecule has 0 radical (unpaired) electrons. The summed E-state index contributed by atoms with van der Waals surface area (Å²) in [5.74, 6) is -1.66. The minimum Gasteiger partial charge on any atom is -0.871 e. The molecule has 0 saturated carbocycles. The van der Waals surface area contributed by atoms with E-state index in [2.05, 4.69) is 9.48 Å². The highest BCUT2D eigenvalue weighted by molar-refractivity contribution is 6.69. The molecule has 34 heavy (non-hydrogen) atoms. The minimum absolute atomic E-state index is 0.0785. The number of allylic oxidation sites excluding steroid dienone is 2. The smallest absolute Gasteiger partial charge is 0.233 e. The van der Waals surface area contributed by atoms with E-state index in [0.717, 1.165) is 77.5 Å². The van der Waals surface area contributed by atoms with Crippen molar-refractivity contribution in [3.05, 3.63) is 68.4 Å². The van der Waals surface area contributed by atoms with Crippen LogP contribution < -0.4 is 25.2 Å². The van der Waals surface area contributed by atoms with Gasteiger partial charge in [-0.2, -0.15) is 0 Å². The van der Waals surface area contributed by atoms with Crippen LogP contribution in [0.5, 0.6) is 0 Å². The van der Waals surface area contributed by atoms with E-state index in [1.165, 1.54) is 33.3 Å². The molecule has 5 nitrogen and oxygen atoms in total. The van der Waals surface area contributed by atoms with Gasteiger partial charge in [0.25, 0.3) is 0 Å². The molecule has 5 aliphatic rings. The number of benzene rings is 2. The van der Waals surface area contributed by atoms with Crippen molar-refractivity contribution < 1.29 is 14.7 Å². The average Bonchev–Trinajstić information content (AvgIpc) is 3.07. The first-order valence-corrected chi connectivity index (χ1v) is 12.8. The molecule has 0 spiro atoms. The van der Waals surface area contributed by atoms with Crippen molar-refractivity contribution in [2.75, 3.05) is 31.1 Å². The highest BCUT2D eigenvalue weighted by Crippen LogP contribution is 2.39. The number of carbonyl (C=O) groups excluding carboxylic acids is 2. The Kier molecular flexibility index (Phi) is 4.39. The first kappa shape index (κ1) is 20.2. The van der Waals surface area contributed by atoms with Gasteiger partial charge in [-0.25, -0.2) is 4.58 Å². The Labute approximate surface area is 198 Å². The Morgan fingerprint density at radius 2 is 1.26 bits per heavy atom. The van der Waals surface area contributed by atoms with Gasteiger partial charge in [-0.05, 0) is 84.7 Å². The predicted octanol–water partition coefficient (Wildman–Crippen LogP) is 0.843. The Bertz CT molecular complexity index is 1390. The highest BCUT2D eigenvalue weighted by atomic mass is 16.3. The van der Waals surface area contributed by atoms with Crippen LogP contribution in [0.2, 0.25) is 0 Å². The predicted molar refractivity (Wildman–Crippen MR) is 129 cm³/mol. The summed E-state index contributed by atoms with van der Waals surface area (Å²) in [7, 11) is 0. The van der Waals surface area contributed by atoms with Crippen LogP contribution in [0.1, 0.15) is 53.5 Å². The summed E-state index contributed by atoms with van der Waals surface area (Å²) < 4.78 is 2.44. The van der Waals surface area contributed by atoms with Crippen molar-refractivity contribution in [3.63, 3.8) is 0 Å². The van der Waals surface area contributed by atoms with Crippen molar-refractivity contribution in [3.8, 4) is 0 Å². The number of carbonyl (C=O) groups is 2. The number of Topliss-reactive ketones (excluding diaryl/α,β-unsaturated/α-hetero) is 2. The summed E-state index contributed by atoms with van der Waals surface area (Å²) in [5.41, 5.74) is 6.95. The van der Waals surface area contributed by atoms with Crippen LogP contribution in [-0.4, -0.2) is 37.7 Å². The van der Waals surface area contributed by atoms with Gasteiger partial charge >= 0.3 is 0 Å². The van der Waals surface area contributed by atoms with Gasteiger partial charge < -0.3 is 10.0 Å². The summed E-state index contributed by atoms with van der Waals surface area (Å²) in [5, 5.41) is 15.6. The van der Waals surface area contributed by atoms with E-state index < -0.39 is 11.6 Å². The summed E-state index contributed by atoms with van der Waals surface area (Å²) in [6.07, 6.45) is 8.15. The van der Waals surface area contributed by atoms with Crippen molar-refractivity contribution >= 4 is 28.4 Å². The molecule has 0 unspecified atom stereocenters. The number of ketones is 2. The molecule has 0 fully saturated rings. The van der Waals surface area contributed by atoms with E-state index in [0.29, 0.717) is 10.8 Å². The van der Waals surface area contributed by atoms with Crippen LogP contribution >= 0.6 is 0 Å². The SMILES string of the molecule is O=C1C(=O)C(=c2cc3c4c(c2)CCC[N+]=4CCC3)C([O-])=C1c1cc2c3c(c1)CCCN3CCC2. The second-order valence-corrected chi connectivity index (χ2v) is 10.4. The van der Waals surface area contributed by atoms with Gasteiger partial charge in [0.05, 0.1) is 0 Å². The monoisotopic (exact) mass is 452 g/mol. The standard InChI is InChI=1S/C29H28N2O3/c32-27-23(21-13-17-5-1-9-30-10-2-6-18(14-21)25(17)30)28(33)29(34)24(27)22-15-19-7-3-11-31-12-4-8-20(16-22)26(19)31/h13-16H,1-12H2. The Morgan fingerprint density at radius 3 is 1.88 bits per heavy atom. The van der Waals surface area contributed by atoms with Crippen LogP contribution in [-0.2, 0) is 35.3 Å². The van der Waals surface area contributed by atoms with Gasteiger partial charge in [0, 0.05) is 53.9 Å². The van der Waals surface area contributed by atoms with Crippen molar-refractivity contribution in [1.82, 2.24) is 4.58 Å². The number of anilines is 1. The molecule has 172 valence electrons. The molecular formula is C29H28N2O3. The number of hydrogen-bond donors (Lipinski definition) is 0. The summed E-state index contributed by atoms with van der Waals surface area (Å²) in [6, 6.07) is 8.02. The van der Waals surface area contributed by atoms with Gasteiger partial charge in [0.2, 0.25) is 16.9 Å². The van der Waals surface area contributed by atoms with Gasteiger partial charge in [-0.15, -0.1) is 0 Å². The van der Waals surface area contributed by atoms with Crippen LogP contribution in [0.25, 0.3) is 11.1 Å². The van der Waals surface area contributed by atoms with Crippen molar-refractivity contribution in [1.29, 1.82) is 0 Å².